The average Bonchev–Trinajstić information content (AvgIpc) is 3.33. The lowest BCUT2D eigenvalue weighted by Gasteiger charge is -2.22. The van der Waals surface area contributed by atoms with Crippen molar-refractivity contribution in [3.63, 3.8) is 0 Å². The van der Waals surface area contributed by atoms with Gasteiger partial charge in [0, 0.05) is 38.1 Å². The van der Waals surface area contributed by atoms with Crippen LogP contribution in [0.4, 0.5) is 0 Å². The van der Waals surface area contributed by atoms with Crippen LogP contribution in [0.2, 0.25) is 0 Å². The van der Waals surface area contributed by atoms with Gasteiger partial charge in [-0.2, -0.15) is 0 Å². The lowest BCUT2D eigenvalue weighted by molar-refractivity contribution is -0.129. The van der Waals surface area contributed by atoms with Gasteiger partial charge in [0.05, 0.1) is 11.5 Å². The summed E-state index contributed by atoms with van der Waals surface area (Å²) in [6.07, 6.45) is 6.99. The molecule has 148 valence electrons. The zero-order chi connectivity index (χ0) is 18.6. The Morgan fingerprint density at radius 2 is 1.85 bits per heavy atom. The van der Waals surface area contributed by atoms with E-state index in [1.807, 2.05) is 11.8 Å². The maximum Gasteiger partial charge on any atom is 0.222 e. The molecule has 2 saturated heterocycles. The summed E-state index contributed by atoms with van der Waals surface area (Å²) >= 11 is 0. The van der Waals surface area contributed by atoms with Crippen molar-refractivity contribution in [3.8, 4) is 0 Å². The zero-order valence-corrected chi connectivity index (χ0v) is 16.6. The van der Waals surface area contributed by atoms with Gasteiger partial charge < -0.3 is 15.5 Å². The molecule has 2 N–H and O–H groups in total. The topological polar surface area (TPSA) is 90.9 Å². The Balaban J connectivity index is 1.58. The smallest absolute Gasteiger partial charge is 0.222 e. The fourth-order valence-corrected chi connectivity index (χ4v) is 6.00. The van der Waals surface area contributed by atoms with E-state index in [9.17, 15) is 13.2 Å². The van der Waals surface area contributed by atoms with Gasteiger partial charge in [-0.15, -0.1) is 0 Å². The molecule has 7 nitrogen and oxygen atoms in total. The molecule has 8 heteroatoms. The Bertz CT molecular complexity index is 628. The summed E-state index contributed by atoms with van der Waals surface area (Å²) in [5.74, 6) is 1.67. The molecule has 3 rings (SSSR count). The molecule has 3 aliphatic rings. The third-order valence-corrected chi connectivity index (χ3v) is 7.55. The van der Waals surface area contributed by atoms with Crippen molar-refractivity contribution in [1.82, 2.24) is 15.5 Å². The van der Waals surface area contributed by atoms with Gasteiger partial charge in [-0.25, -0.2) is 8.42 Å². The van der Waals surface area contributed by atoms with Crippen molar-refractivity contribution in [2.45, 2.75) is 64.0 Å². The van der Waals surface area contributed by atoms with Gasteiger partial charge in [-0.05, 0) is 31.6 Å². The second-order valence-corrected chi connectivity index (χ2v) is 10.1. The minimum Gasteiger partial charge on any atom is -0.354 e. The Morgan fingerprint density at radius 3 is 2.50 bits per heavy atom. The molecule has 0 radical (unpaired) electrons. The molecule has 1 amide bonds. The average molecular weight is 385 g/mol. The van der Waals surface area contributed by atoms with Crippen LogP contribution < -0.4 is 10.6 Å². The van der Waals surface area contributed by atoms with Crippen LogP contribution in [0, 0.1) is 5.92 Å². The summed E-state index contributed by atoms with van der Waals surface area (Å²) in [6.45, 7) is 3.96. The van der Waals surface area contributed by atoms with Gasteiger partial charge in [0.2, 0.25) is 5.91 Å². The Kier molecular flexibility index (Phi) is 6.42. The van der Waals surface area contributed by atoms with Gasteiger partial charge >= 0.3 is 0 Å². The Hall–Kier alpha value is -1.31. The highest BCUT2D eigenvalue weighted by Gasteiger charge is 2.29. The van der Waals surface area contributed by atoms with Gasteiger partial charge in [0.1, 0.15) is 0 Å². The quantitative estimate of drug-likeness (QED) is 0.543. The number of rotatable bonds is 5. The maximum atomic E-state index is 11.9. The third-order valence-electron chi connectivity index (χ3n) is 5.71. The number of carbonyl (C=O) groups excluding carboxylic acids is 1. The molecular formula is C18H32N4O3S. The van der Waals surface area contributed by atoms with Crippen molar-refractivity contribution in [2.75, 3.05) is 31.1 Å². The fourth-order valence-electron chi connectivity index (χ4n) is 4.15. The molecule has 0 bridgehead atoms. The van der Waals surface area contributed by atoms with Crippen molar-refractivity contribution < 1.29 is 13.2 Å². The molecule has 2 aliphatic heterocycles. The highest BCUT2D eigenvalue weighted by atomic mass is 32.2. The monoisotopic (exact) mass is 384 g/mol. The van der Waals surface area contributed by atoms with Gasteiger partial charge in [-0.3, -0.25) is 9.79 Å². The standard InChI is InChI=1S/C18H32N4O3S/c1-2-17(23)22-9-7-16(12-22)21-18(20-15-5-3-4-6-15)19-11-14-8-10-26(24,25)13-14/h14-16H,2-13H2,1H3,(H2,19,20,21). The summed E-state index contributed by atoms with van der Waals surface area (Å²) in [5, 5.41) is 7.02. The van der Waals surface area contributed by atoms with E-state index in [2.05, 4.69) is 10.6 Å². The number of amides is 1. The fraction of sp³-hybridized carbons (Fsp3) is 0.889. The van der Waals surface area contributed by atoms with Crippen LogP contribution in [-0.4, -0.2) is 68.4 Å². The lowest BCUT2D eigenvalue weighted by atomic mass is 10.1. The van der Waals surface area contributed by atoms with Crippen molar-refractivity contribution in [3.05, 3.63) is 0 Å². The number of nitrogens with one attached hydrogen (secondary N) is 2. The van der Waals surface area contributed by atoms with E-state index in [1.54, 1.807) is 0 Å². The van der Waals surface area contributed by atoms with Crippen LogP contribution in [0.15, 0.2) is 4.99 Å². The molecule has 0 aromatic heterocycles. The second-order valence-electron chi connectivity index (χ2n) is 7.91. The molecule has 0 aromatic rings. The molecular weight excluding hydrogens is 352 g/mol. The summed E-state index contributed by atoms with van der Waals surface area (Å²) in [7, 11) is -2.86. The van der Waals surface area contributed by atoms with E-state index in [0.717, 1.165) is 38.3 Å². The van der Waals surface area contributed by atoms with Gasteiger partial charge in [-0.1, -0.05) is 19.8 Å². The molecule has 26 heavy (non-hydrogen) atoms. The van der Waals surface area contributed by atoms with Crippen LogP contribution in [0.3, 0.4) is 0 Å². The number of nitrogens with zero attached hydrogens (tertiary/aromatic N) is 2. The van der Waals surface area contributed by atoms with E-state index < -0.39 is 9.84 Å². The molecule has 3 fully saturated rings. The summed E-state index contributed by atoms with van der Waals surface area (Å²) in [4.78, 5) is 18.5. The normalized spacial score (nSPS) is 29.3. The summed E-state index contributed by atoms with van der Waals surface area (Å²) < 4.78 is 23.3. The summed E-state index contributed by atoms with van der Waals surface area (Å²) in [6, 6.07) is 0.661. The largest absolute Gasteiger partial charge is 0.354 e. The number of carbonyl (C=O) groups is 1. The molecule has 2 heterocycles. The SMILES string of the molecule is CCC(=O)N1CCC(NC(=NCC2CCS(=O)(=O)C2)NC2CCCC2)C1. The molecule has 1 saturated carbocycles. The number of likely N-dealkylation sites (tertiary alicyclic amines) is 1. The second kappa shape index (κ2) is 8.59. The maximum absolute atomic E-state index is 11.9. The van der Waals surface area contributed by atoms with Crippen LogP contribution in [0.5, 0.6) is 0 Å². The predicted molar refractivity (Wildman–Crippen MR) is 103 cm³/mol. The van der Waals surface area contributed by atoms with Crippen LogP contribution >= 0.6 is 0 Å². The Morgan fingerprint density at radius 1 is 1.12 bits per heavy atom. The van der Waals surface area contributed by atoms with Crippen molar-refractivity contribution >= 4 is 21.7 Å². The Labute approximate surface area is 156 Å². The first-order chi connectivity index (χ1) is 12.4. The first-order valence-corrected chi connectivity index (χ1v) is 11.8. The predicted octanol–water partition coefficient (Wildman–Crippen LogP) is 0.910. The molecule has 1 aliphatic carbocycles. The van der Waals surface area contributed by atoms with Crippen LogP contribution in [0.25, 0.3) is 0 Å². The molecule has 2 atom stereocenters. The number of hydrogen-bond donors (Lipinski definition) is 2. The number of guanidine groups is 1. The van der Waals surface area contributed by atoms with E-state index in [-0.39, 0.29) is 23.6 Å². The van der Waals surface area contributed by atoms with Crippen molar-refractivity contribution in [1.29, 1.82) is 0 Å². The highest BCUT2D eigenvalue weighted by molar-refractivity contribution is 7.91. The van der Waals surface area contributed by atoms with E-state index in [1.165, 1.54) is 12.8 Å². The number of sulfone groups is 1. The van der Waals surface area contributed by atoms with E-state index in [4.69, 9.17) is 4.99 Å². The van der Waals surface area contributed by atoms with E-state index >= 15 is 0 Å². The first kappa shape index (κ1) is 19.5. The third kappa shape index (κ3) is 5.34. The van der Waals surface area contributed by atoms with E-state index in [0.29, 0.717) is 31.2 Å². The van der Waals surface area contributed by atoms with Crippen LogP contribution in [-0.2, 0) is 14.6 Å². The van der Waals surface area contributed by atoms with Crippen LogP contribution in [0.1, 0.15) is 51.9 Å². The van der Waals surface area contributed by atoms with Gasteiger partial charge in [0.25, 0.3) is 0 Å². The lowest BCUT2D eigenvalue weighted by Crippen LogP contribution is -2.48. The van der Waals surface area contributed by atoms with Crippen molar-refractivity contribution in [2.24, 2.45) is 10.9 Å². The highest BCUT2D eigenvalue weighted by Crippen LogP contribution is 2.20. The zero-order valence-electron chi connectivity index (χ0n) is 15.7. The minimum absolute atomic E-state index is 0.129. The number of aliphatic imine (C=N–C) groups is 1. The molecule has 0 aromatic carbocycles. The summed E-state index contributed by atoms with van der Waals surface area (Å²) in [5.41, 5.74) is 0. The first-order valence-electron chi connectivity index (χ1n) is 10.0. The minimum atomic E-state index is -2.86. The molecule has 0 spiro atoms. The molecule has 2 unspecified atom stereocenters. The van der Waals surface area contributed by atoms with Gasteiger partial charge in [0.15, 0.2) is 15.8 Å². The number of hydrogen-bond acceptors (Lipinski definition) is 4.